The Labute approximate surface area is 101 Å². The van der Waals surface area contributed by atoms with Crippen LogP contribution >= 0.6 is 0 Å². The molecule has 0 aromatic heterocycles. The molecule has 0 aromatic carbocycles. The highest BCUT2D eigenvalue weighted by molar-refractivity contribution is 5.25. The summed E-state index contributed by atoms with van der Waals surface area (Å²) in [5.74, 6) is 2.79. The fourth-order valence-corrected chi connectivity index (χ4v) is 3.32. The van der Waals surface area contributed by atoms with Gasteiger partial charge in [0.15, 0.2) is 0 Å². The third kappa shape index (κ3) is 2.78. The summed E-state index contributed by atoms with van der Waals surface area (Å²) < 4.78 is 0. The first-order valence-corrected chi connectivity index (χ1v) is 7.17. The smallest absolute Gasteiger partial charge is 0.0162 e. The van der Waals surface area contributed by atoms with Gasteiger partial charge in [0.25, 0.3) is 0 Å². The van der Waals surface area contributed by atoms with Crippen molar-refractivity contribution in [2.75, 3.05) is 0 Å². The summed E-state index contributed by atoms with van der Waals surface area (Å²) in [6.45, 7) is 4.78. The van der Waals surface area contributed by atoms with Gasteiger partial charge in [-0.15, -0.1) is 0 Å². The zero-order chi connectivity index (χ0) is 11.4. The van der Waals surface area contributed by atoms with Crippen LogP contribution in [0.3, 0.4) is 0 Å². The quantitative estimate of drug-likeness (QED) is 0.617. The van der Waals surface area contributed by atoms with Gasteiger partial charge in [-0.2, -0.15) is 0 Å². The number of allylic oxidation sites excluding steroid dienone is 4. The fraction of sp³-hybridized carbons (Fsp3) is 0.750. The van der Waals surface area contributed by atoms with Crippen LogP contribution in [0.25, 0.3) is 0 Å². The number of hydrogen-bond donors (Lipinski definition) is 0. The normalized spacial score (nSPS) is 32.2. The molecule has 0 saturated heterocycles. The molecule has 3 atom stereocenters. The van der Waals surface area contributed by atoms with Gasteiger partial charge < -0.3 is 0 Å². The summed E-state index contributed by atoms with van der Waals surface area (Å²) >= 11 is 0. The van der Waals surface area contributed by atoms with Crippen molar-refractivity contribution in [3.63, 3.8) is 0 Å². The van der Waals surface area contributed by atoms with E-state index < -0.39 is 0 Å². The van der Waals surface area contributed by atoms with E-state index in [2.05, 4.69) is 32.1 Å². The molecule has 3 unspecified atom stereocenters. The molecular weight excluding hydrogens is 192 g/mol. The van der Waals surface area contributed by atoms with Crippen molar-refractivity contribution in [3.05, 3.63) is 23.8 Å². The fourth-order valence-electron chi connectivity index (χ4n) is 3.32. The Morgan fingerprint density at radius 2 is 2.19 bits per heavy atom. The number of rotatable bonds is 3. The minimum atomic E-state index is 0.879. The van der Waals surface area contributed by atoms with Crippen molar-refractivity contribution >= 4 is 0 Å². The third-order valence-corrected chi connectivity index (χ3v) is 4.66. The molecule has 0 radical (unpaired) electrons. The third-order valence-electron chi connectivity index (χ3n) is 4.66. The Hall–Kier alpha value is -0.520. The molecule has 0 heterocycles. The van der Waals surface area contributed by atoms with E-state index in [9.17, 15) is 0 Å². The van der Waals surface area contributed by atoms with Crippen LogP contribution < -0.4 is 0 Å². The summed E-state index contributed by atoms with van der Waals surface area (Å²) in [4.78, 5) is 0. The molecule has 0 nitrogen and oxygen atoms in total. The molecule has 2 aliphatic rings. The van der Waals surface area contributed by atoms with E-state index in [1.165, 1.54) is 44.9 Å². The van der Waals surface area contributed by atoms with Crippen LogP contribution in [0.2, 0.25) is 0 Å². The van der Waals surface area contributed by atoms with Crippen molar-refractivity contribution in [1.82, 2.24) is 0 Å². The monoisotopic (exact) mass is 218 g/mol. The number of hydrogen-bond acceptors (Lipinski definition) is 0. The van der Waals surface area contributed by atoms with Gasteiger partial charge in [0.05, 0.1) is 0 Å². The predicted molar refractivity (Wildman–Crippen MR) is 71.4 cm³/mol. The summed E-state index contributed by atoms with van der Waals surface area (Å²) in [6, 6.07) is 0. The van der Waals surface area contributed by atoms with E-state index >= 15 is 0 Å². The van der Waals surface area contributed by atoms with Gasteiger partial charge in [-0.05, 0) is 49.0 Å². The van der Waals surface area contributed by atoms with Gasteiger partial charge in [0.2, 0.25) is 0 Å². The minimum absolute atomic E-state index is 0.879. The molecular formula is C16H26. The molecule has 2 rings (SSSR count). The SMILES string of the molecule is CCC(C)C1CCCC(C2=CCCC=C2)C1. The average molecular weight is 218 g/mol. The predicted octanol–water partition coefficient (Wildman–Crippen LogP) is 5.12. The van der Waals surface area contributed by atoms with Gasteiger partial charge in [-0.25, -0.2) is 0 Å². The van der Waals surface area contributed by atoms with Crippen LogP contribution in [0.5, 0.6) is 0 Å². The molecule has 1 fully saturated rings. The summed E-state index contributed by atoms with van der Waals surface area (Å²) in [6.07, 6.45) is 16.9. The lowest BCUT2D eigenvalue weighted by molar-refractivity contribution is 0.221. The van der Waals surface area contributed by atoms with E-state index in [0.29, 0.717) is 0 Å². The molecule has 0 aromatic rings. The molecule has 0 N–H and O–H groups in total. The molecule has 0 bridgehead atoms. The van der Waals surface area contributed by atoms with Crippen molar-refractivity contribution < 1.29 is 0 Å². The molecule has 2 aliphatic carbocycles. The zero-order valence-corrected chi connectivity index (χ0v) is 10.9. The van der Waals surface area contributed by atoms with Crippen molar-refractivity contribution in [2.45, 2.75) is 58.8 Å². The Bertz CT molecular complexity index is 272. The van der Waals surface area contributed by atoms with E-state index in [4.69, 9.17) is 0 Å². The standard InChI is InChI=1S/C16H26/c1-3-13(2)15-10-7-11-16(12-15)14-8-5-4-6-9-14/h5,8-9,13,15-16H,3-4,6-7,10-12H2,1-2H3. The lowest BCUT2D eigenvalue weighted by Crippen LogP contribution is -2.22. The van der Waals surface area contributed by atoms with Crippen LogP contribution in [-0.2, 0) is 0 Å². The van der Waals surface area contributed by atoms with Crippen LogP contribution in [0, 0.1) is 17.8 Å². The largest absolute Gasteiger partial charge is 0.0840 e. The van der Waals surface area contributed by atoms with Crippen LogP contribution in [0.1, 0.15) is 58.8 Å². The van der Waals surface area contributed by atoms with Crippen molar-refractivity contribution in [2.24, 2.45) is 17.8 Å². The van der Waals surface area contributed by atoms with Crippen LogP contribution in [0.4, 0.5) is 0 Å². The summed E-state index contributed by atoms with van der Waals surface area (Å²) in [5, 5.41) is 0. The highest BCUT2D eigenvalue weighted by Gasteiger charge is 2.26. The minimum Gasteiger partial charge on any atom is -0.0840 e. The second-order valence-corrected chi connectivity index (χ2v) is 5.69. The Morgan fingerprint density at radius 3 is 2.88 bits per heavy atom. The first-order chi connectivity index (χ1) is 7.81. The van der Waals surface area contributed by atoms with E-state index in [0.717, 1.165) is 17.8 Å². The molecule has 0 heteroatoms. The van der Waals surface area contributed by atoms with Crippen molar-refractivity contribution in [1.29, 1.82) is 0 Å². The van der Waals surface area contributed by atoms with Crippen molar-refractivity contribution in [3.8, 4) is 0 Å². The Balaban J connectivity index is 1.96. The first kappa shape index (κ1) is 12.0. The zero-order valence-electron chi connectivity index (χ0n) is 10.9. The van der Waals surface area contributed by atoms with Crippen LogP contribution in [0.15, 0.2) is 23.8 Å². The van der Waals surface area contributed by atoms with E-state index in [1.807, 2.05) is 0 Å². The lowest BCUT2D eigenvalue weighted by Gasteiger charge is -2.34. The van der Waals surface area contributed by atoms with Gasteiger partial charge in [0.1, 0.15) is 0 Å². The average Bonchev–Trinajstić information content (AvgIpc) is 2.39. The van der Waals surface area contributed by atoms with Gasteiger partial charge in [0, 0.05) is 0 Å². The maximum absolute atomic E-state index is 2.49. The van der Waals surface area contributed by atoms with E-state index in [-0.39, 0.29) is 0 Å². The van der Waals surface area contributed by atoms with Crippen LogP contribution in [-0.4, -0.2) is 0 Å². The molecule has 0 amide bonds. The molecule has 90 valence electrons. The molecule has 0 spiro atoms. The van der Waals surface area contributed by atoms with Gasteiger partial charge in [-0.1, -0.05) is 51.3 Å². The molecule has 1 saturated carbocycles. The summed E-state index contributed by atoms with van der Waals surface area (Å²) in [7, 11) is 0. The first-order valence-electron chi connectivity index (χ1n) is 7.17. The maximum atomic E-state index is 2.49. The molecule has 16 heavy (non-hydrogen) atoms. The van der Waals surface area contributed by atoms with E-state index in [1.54, 1.807) is 5.57 Å². The Morgan fingerprint density at radius 1 is 1.31 bits per heavy atom. The molecule has 0 aliphatic heterocycles. The Kier molecular flexibility index (Phi) is 4.26. The summed E-state index contributed by atoms with van der Waals surface area (Å²) in [5.41, 5.74) is 1.65. The second-order valence-electron chi connectivity index (χ2n) is 5.69. The highest BCUT2D eigenvalue weighted by atomic mass is 14.3. The second kappa shape index (κ2) is 5.70. The van der Waals surface area contributed by atoms with Gasteiger partial charge >= 0.3 is 0 Å². The lowest BCUT2D eigenvalue weighted by atomic mass is 9.72. The maximum Gasteiger partial charge on any atom is -0.0162 e. The van der Waals surface area contributed by atoms with Gasteiger partial charge in [-0.3, -0.25) is 0 Å². The topological polar surface area (TPSA) is 0 Å². The highest BCUT2D eigenvalue weighted by Crippen LogP contribution is 2.39.